The van der Waals surface area contributed by atoms with Crippen molar-refractivity contribution in [2.45, 2.75) is 26.6 Å². The fourth-order valence-corrected chi connectivity index (χ4v) is 2.91. The Hall–Kier alpha value is -1.80. The molecule has 0 aliphatic carbocycles. The van der Waals surface area contributed by atoms with Gasteiger partial charge in [-0.1, -0.05) is 12.1 Å². The molecule has 134 valence electrons. The standard InChI is InChI=1S/C19H22INO4/c1-12(2)25-11-13-6-5-7-14(8-13)21-19(22)15-9-17(23-3)18(24-4)10-16(15)20/h5-10,12H,11H2,1-4H3,(H,21,22). The third kappa shape index (κ3) is 5.34. The number of anilines is 1. The molecule has 0 aromatic heterocycles. The molecule has 2 rings (SSSR count). The largest absolute Gasteiger partial charge is 0.493 e. The average Bonchev–Trinajstić information content (AvgIpc) is 2.59. The van der Waals surface area contributed by atoms with E-state index in [2.05, 4.69) is 27.9 Å². The molecule has 0 aliphatic heterocycles. The zero-order valence-electron chi connectivity index (χ0n) is 14.8. The molecule has 0 radical (unpaired) electrons. The van der Waals surface area contributed by atoms with Crippen LogP contribution >= 0.6 is 22.6 Å². The number of nitrogens with one attached hydrogen (secondary N) is 1. The van der Waals surface area contributed by atoms with Crippen molar-refractivity contribution in [1.82, 2.24) is 0 Å². The van der Waals surface area contributed by atoms with Crippen molar-refractivity contribution in [3.05, 3.63) is 51.1 Å². The molecule has 0 fully saturated rings. The lowest BCUT2D eigenvalue weighted by atomic mass is 10.1. The van der Waals surface area contributed by atoms with Crippen molar-refractivity contribution in [2.75, 3.05) is 19.5 Å². The number of rotatable bonds is 7. The molecule has 2 aromatic rings. The average molecular weight is 455 g/mol. The number of hydrogen-bond donors (Lipinski definition) is 1. The molecule has 0 heterocycles. The van der Waals surface area contributed by atoms with Crippen molar-refractivity contribution in [3.63, 3.8) is 0 Å². The summed E-state index contributed by atoms with van der Waals surface area (Å²) in [6, 6.07) is 11.1. The molecule has 0 spiro atoms. The number of benzene rings is 2. The number of ether oxygens (including phenoxy) is 3. The van der Waals surface area contributed by atoms with Crippen LogP contribution in [0.2, 0.25) is 0 Å². The molecular formula is C19H22INO4. The first kappa shape index (κ1) is 19.5. The Morgan fingerprint density at radius 3 is 2.44 bits per heavy atom. The Bertz CT molecular complexity index is 746. The van der Waals surface area contributed by atoms with Crippen molar-refractivity contribution in [2.24, 2.45) is 0 Å². The second kappa shape index (κ2) is 9.05. The summed E-state index contributed by atoms with van der Waals surface area (Å²) in [5.41, 5.74) is 2.26. The molecule has 5 nitrogen and oxygen atoms in total. The Morgan fingerprint density at radius 1 is 1.12 bits per heavy atom. The Labute approximate surface area is 161 Å². The Balaban J connectivity index is 2.18. The van der Waals surface area contributed by atoms with E-state index in [4.69, 9.17) is 14.2 Å². The number of amides is 1. The van der Waals surface area contributed by atoms with Crippen LogP contribution in [0.3, 0.4) is 0 Å². The van der Waals surface area contributed by atoms with E-state index < -0.39 is 0 Å². The molecule has 0 saturated carbocycles. The van der Waals surface area contributed by atoms with Crippen molar-refractivity contribution >= 4 is 34.2 Å². The molecule has 25 heavy (non-hydrogen) atoms. The van der Waals surface area contributed by atoms with Gasteiger partial charge in [0.2, 0.25) is 0 Å². The van der Waals surface area contributed by atoms with Gasteiger partial charge in [0.05, 0.1) is 32.5 Å². The lowest BCUT2D eigenvalue weighted by molar-refractivity contribution is 0.0657. The Morgan fingerprint density at radius 2 is 1.80 bits per heavy atom. The van der Waals surface area contributed by atoms with Gasteiger partial charge in [0.15, 0.2) is 11.5 Å². The van der Waals surface area contributed by atoms with Crippen molar-refractivity contribution in [1.29, 1.82) is 0 Å². The van der Waals surface area contributed by atoms with Gasteiger partial charge in [0.25, 0.3) is 5.91 Å². The smallest absolute Gasteiger partial charge is 0.256 e. The van der Waals surface area contributed by atoms with E-state index in [1.165, 1.54) is 0 Å². The highest BCUT2D eigenvalue weighted by Gasteiger charge is 2.16. The maximum atomic E-state index is 12.6. The number of halogens is 1. The van der Waals surface area contributed by atoms with Gasteiger partial charge in [0, 0.05) is 9.26 Å². The van der Waals surface area contributed by atoms with E-state index in [9.17, 15) is 4.79 Å². The maximum absolute atomic E-state index is 12.6. The van der Waals surface area contributed by atoms with Crippen LogP contribution in [0.1, 0.15) is 29.8 Å². The van der Waals surface area contributed by atoms with Crippen LogP contribution in [-0.4, -0.2) is 26.2 Å². The molecule has 0 unspecified atom stereocenters. The van der Waals surface area contributed by atoms with Crippen LogP contribution in [0.4, 0.5) is 5.69 Å². The number of methoxy groups -OCH3 is 2. The fourth-order valence-electron chi connectivity index (χ4n) is 2.23. The molecule has 0 bridgehead atoms. The van der Waals surface area contributed by atoms with Crippen LogP contribution in [-0.2, 0) is 11.3 Å². The summed E-state index contributed by atoms with van der Waals surface area (Å²) in [5.74, 6) is 0.913. The molecule has 1 amide bonds. The normalized spacial score (nSPS) is 10.6. The minimum Gasteiger partial charge on any atom is -0.493 e. The van der Waals surface area contributed by atoms with Gasteiger partial charge in [-0.25, -0.2) is 0 Å². The lowest BCUT2D eigenvalue weighted by Gasteiger charge is -2.13. The van der Waals surface area contributed by atoms with E-state index in [1.807, 2.05) is 38.1 Å². The van der Waals surface area contributed by atoms with Crippen molar-refractivity contribution < 1.29 is 19.0 Å². The summed E-state index contributed by atoms with van der Waals surface area (Å²) in [7, 11) is 3.11. The van der Waals surface area contributed by atoms with E-state index >= 15 is 0 Å². The fraction of sp³-hybridized carbons (Fsp3) is 0.316. The topological polar surface area (TPSA) is 56.8 Å². The van der Waals surface area contributed by atoms with E-state index in [1.54, 1.807) is 26.4 Å². The minimum atomic E-state index is -0.202. The first-order valence-corrected chi connectivity index (χ1v) is 8.96. The lowest BCUT2D eigenvalue weighted by Crippen LogP contribution is -2.14. The van der Waals surface area contributed by atoms with Gasteiger partial charge >= 0.3 is 0 Å². The first-order chi connectivity index (χ1) is 11.9. The summed E-state index contributed by atoms with van der Waals surface area (Å²) in [6.07, 6.45) is 0.159. The first-order valence-electron chi connectivity index (χ1n) is 7.88. The second-order valence-electron chi connectivity index (χ2n) is 5.70. The van der Waals surface area contributed by atoms with Crippen LogP contribution in [0.25, 0.3) is 0 Å². The summed E-state index contributed by atoms with van der Waals surface area (Å²) in [6.45, 7) is 4.49. The minimum absolute atomic E-state index is 0.159. The van der Waals surface area contributed by atoms with Gasteiger partial charge < -0.3 is 19.5 Å². The van der Waals surface area contributed by atoms with E-state index in [0.717, 1.165) is 14.8 Å². The SMILES string of the molecule is COc1cc(I)c(C(=O)Nc2cccc(COC(C)C)c2)cc1OC. The molecule has 0 aliphatic rings. The predicted octanol–water partition coefficient (Wildman–Crippen LogP) is 4.49. The third-order valence-corrected chi connectivity index (χ3v) is 4.38. The van der Waals surface area contributed by atoms with E-state index in [-0.39, 0.29) is 12.0 Å². The number of carbonyl (C=O) groups is 1. The van der Waals surface area contributed by atoms with Crippen molar-refractivity contribution in [3.8, 4) is 11.5 Å². The molecule has 0 atom stereocenters. The second-order valence-corrected chi connectivity index (χ2v) is 6.86. The number of carbonyl (C=O) groups excluding carboxylic acids is 1. The van der Waals surface area contributed by atoms with Gasteiger partial charge in [-0.3, -0.25) is 4.79 Å². The molecule has 2 aromatic carbocycles. The molecule has 6 heteroatoms. The summed E-state index contributed by atoms with van der Waals surface area (Å²) in [4.78, 5) is 12.6. The highest BCUT2D eigenvalue weighted by molar-refractivity contribution is 14.1. The van der Waals surface area contributed by atoms with Gasteiger partial charge in [-0.05, 0) is 66.3 Å². The molecule has 0 saturated heterocycles. The number of hydrogen-bond acceptors (Lipinski definition) is 4. The molecular weight excluding hydrogens is 433 g/mol. The summed E-state index contributed by atoms with van der Waals surface area (Å²) in [5, 5.41) is 2.92. The summed E-state index contributed by atoms with van der Waals surface area (Å²) >= 11 is 2.11. The van der Waals surface area contributed by atoms with Gasteiger partial charge in [-0.15, -0.1) is 0 Å². The summed E-state index contributed by atoms with van der Waals surface area (Å²) < 4.78 is 16.9. The van der Waals surface area contributed by atoms with E-state index in [0.29, 0.717) is 23.7 Å². The van der Waals surface area contributed by atoms with Crippen LogP contribution in [0.5, 0.6) is 11.5 Å². The highest BCUT2D eigenvalue weighted by atomic mass is 127. The highest BCUT2D eigenvalue weighted by Crippen LogP contribution is 2.31. The third-order valence-electron chi connectivity index (χ3n) is 3.49. The zero-order valence-corrected chi connectivity index (χ0v) is 16.9. The van der Waals surface area contributed by atoms with Gasteiger partial charge in [0.1, 0.15) is 0 Å². The maximum Gasteiger partial charge on any atom is 0.256 e. The monoisotopic (exact) mass is 455 g/mol. The van der Waals surface area contributed by atoms with Crippen LogP contribution < -0.4 is 14.8 Å². The Kier molecular flexibility index (Phi) is 7.07. The molecule has 1 N–H and O–H groups in total. The van der Waals surface area contributed by atoms with Crippen LogP contribution in [0, 0.1) is 3.57 Å². The predicted molar refractivity (Wildman–Crippen MR) is 107 cm³/mol. The quantitative estimate of drug-likeness (QED) is 0.626. The van der Waals surface area contributed by atoms with Crippen LogP contribution in [0.15, 0.2) is 36.4 Å². The zero-order chi connectivity index (χ0) is 18.4. The van der Waals surface area contributed by atoms with Gasteiger partial charge in [-0.2, -0.15) is 0 Å².